The van der Waals surface area contributed by atoms with Crippen LogP contribution in [0.1, 0.15) is 29.5 Å². The molecule has 72 valence electrons. The van der Waals surface area contributed by atoms with Gasteiger partial charge in [-0.2, -0.15) is 0 Å². The largest absolute Gasteiger partial charge is 1.00 e. The van der Waals surface area contributed by atoms with Gasteiger partial charge in [0.05, 0.1) is 0 Å². The van der Waals surface area contributed by atoms with Gasteiger partial charge in [-0.3, -0.25) is 0 Å². The van der Waals surface area contributed by atoms with Gasteiger partial charge in [0, 0.05) is 11.1 Å². The summed E-state index contributed by atoms with van der Waals surface area (Å²) in [6, 6.07) is 0. The normalized spacial score (nSPS) is 10.4. The summed E-state index contributed by atoms with van der Waals surface area (Å²) in [5.74, 6) is -2.28. The Morgan fingerprint density at radius 1 is 0.929 bits per heavy atom. The van der Waals surface area contributed by atoms with Gasteiger partial charge in [0.25, 0.3) is 0 Å². The second-order valence-corrected chi connectivity index (χ2v) is 2.27. The fourth-order valence-electron chi connectivity index (χ4n) is 0.987. The van der Waals surface area contributed by atoms with Gasteiger partial charge in [-0.1, -0.05) is 13.8 Å². The third kappa shape index (κ3) is 6.22. The van der Waals surface area contributed by atoms with Gasteiger partial charge in [-0.15, -0.1) is 0 Å². The third-order valence-corrected chi connectivity index (χ3v) is 1.59. The molecule has 0 saturated heterocycles. The number of hydrogen-bond donors (Lipinski definition) is 2. The molecule has 0 heterocycles. The molecule has 0 aromatic rings. The number of aliphatic carboxylic acids is 2. The molecule has 14 heavy (non-hydrogen) atoms. The molecule has 6 heteroatoms. The summed E-state index contributed by atoms with van der Waals surface area (Å²) in [6.45, 7) is 3.25. The Balaban J connectivity index is -0.000000101. The second kappa shape index (κ2) is 10.2. The van der Waals surface area contributed by atoms with Crippen molar-refractivity contribution < 1.29 is 81.8 Å². The van der Waals surface area contributed by atoms with Gasteiger partial charge in [-0.05, 0) is 12.8 Å². The average Bonchev–Trinajstić information content (AvgIpc) is 1.98. The van der Waals surface area contributed by atoms with E-state index in [2.05, 4.69) is 0 Å². The van der Waals surface area contributed by atoms with Gasteiger partial charge in [0.15, 0.2) is 0 Å². The van der Waals surface area contributed by atoms with Gasteiger partial charge >= 0.3 is 71.1 Å². The molecule has 0 aromatic carbocycles. The maximum Gasteiger partial charge on any atom is 1.00 e. The van der Waals surface area contributed by atoms with Crippen molar-refractivity contribution in [1.29, 1.82) is 0 Å². The molecule has 0 radical (unpaired) electrons. The molecule has 0 spiro atoms. The van der Waals surface area contributed by atoms with E-state index in [-0.39, 0.29) is 86.0 Å². The summed E-state index contributed by atoms with van der Waals surface area (Å²) in [6.07, 6.45) is 0.482. The Bertz CT molecular complexity index is 220. The predicted molar refractivity (Wildman–Crippen MR) is 45.1 cm³/mol. The van der Waals surface area contributed by atoms with Crippen molar-refractivity contribution in [3.63, 3.8) is 0 Å². The summed E-state index contributed by atoms with van der Waals surface area (Å²) in [7, 11) is 0. The molecular weight excluding hydrogens is 206 g/mol. The zero-order valence-electron chi connectivity index (χ0n) is 11.1. The second-order valence-electron chi connectivity index (χ2n) is 2.27. The van der Waals surface area contributed by atoms with E-state index in [9.17, 15) is 9.59 Å². The Morgan fingerprint density at radius 3 is 1.21 bits per heavy atom. The van der Waals surface area contributed by atoms with Crippen LogP contribution in [-0.4, -0.2) is 22.2 Å². The van der Waals surface area contributed by atoms with Crippen LogP contribution >= 0.6 is 0 Å². The zero-order chi connectivity index (χ0) is 9.72. The molecule has 0 amide bonds. The van der Waals surface area contributed by atoms with Crippen LogP contribution in [0.2, 0.25) is 0 Å². The predicted octanol–water partition coefficient (Wildman–Crippen LogP) is -4.49. The van der Waals surface area contributed by atoms with Crippen LogP contribution in [0.4, 0.5) is 0 Å². The molecule has 4 nitrogen and oxygen atoms in total. The zero-order valence-corrected chi connectivity index (χ0v) is 13.1. The Labute approximate surface area is 130 Å². The number of hydrogen-bond acceptors (Lipinski definition) is 2. The Kier molecular flexibility index (Phi) is 14.7. The van der Waals surface area contributed by atoms with Crippen LogP contribution in [0.3, 0.4) is 0 Å². The first-order valence-corrected chi connectivity index (χ1v) is 3.73. The molecule has 0 fully saturated rings. The smallest absolute Gasteiger partial charge is 1.00 e. The standard InChI is InChI=1S/C8H12O4.2Na.2H/c1-3-5(7(9)10)6(4-2)8(11)12;;;;/h3-4H2,1-2H3,(H,9,10)(H,11,12);;;;/q;2*+1;2*-1/b6-5-;;;;. The minimum atomic E-state index is -1.14. The Hall–Kier alpha value is 0.680. The van der Waals surface area contributed by atoms with E-state index in [0.717, 1.165) is 0 Å². The van der Waals surface area contributed by atoms with Crippen LogP contribution < -0.4 is 59.1 Å². The maximum atomic E-state index is 10.5. The van der Waals surface area contributed by atoms with Crippen LogP contribution in [0.15, 0.2) is 11.1 Å². The monoisotopic (exact) mass is 220 g/mol. The molecule has 0 saturated carbocycles. The van der Waals surface area contributed by atoms with Gasteiger partial charge in [-0.25, -0.2) is 9.59 Å². The van der Waals surface area contributed by atoms with E-state index in [1.807, 2.05) is 0 Å². The quantitative estimate of drug-likeness (QED) is 0.370. The summed E-state index contributed by atoms with van der Waals surface area (Å²) in [5.41, 5.74) is -0.0185. The SMILES string of the molecule is CC/C(C(=O)O)=C(\CC)C(=O)O.[H-].[H-].[Na+].[Na+]. The van der Waals surface area contributed by atoms with Crippen LogP contribution in [0, 0.1) is 0 Å². The van der Waals surface area contributed by atoms with Gasteiger partial charge in [0.1, 0.15) is 0 Å². The fourth-order valence-corrected chi connectivity index (χ4v) is 0.987. The molecule has 0 atom stereocenters. The summed E-state index contributed by atoms with van der Waals surface area (Å²) in [4.78, 5) is 21.0. The van der Waals surface area contributed by atoms with Crippen LogP contribution in [0.25, 0.3) is 0 Å². The number of rotatable bonds is 4. The molecule has 0 aromatic heterocycles. The van der Waals surface area contributed by atoms with E-state index in [4.69, 9.17) is 10.2 Å². The van der Waals surface area contributed by atoms with Crippen molar-refractivity contribution in [3.8, 4) is 0 Å². The minimum absolute atomic E-state index is 0. The van der Waals surface area contributed by atoms with E-state index in [0.29, 0.717) is 0 Å². The average molecular weight is 220 g/mol. The first-order chi connectivity index (χ1) is 5.54. The van der Waals surface area contributed by atoms with E-state index < -0.39 is 11.9 Å². The first-order valence-electron chi connectivity index (χ1n) is 3.73. The topological polar surface area (TPSA) is 74.6 Å². The summed E-state index contributed by atoms with van der Waals surface area (Å²) >= 11 is 0. The van der Waals surface area contributed by atoms with E-state index in [1.54, 1.807) is 13.8 Å². The van der Waals surface area contributed by atoms with E-state index >= 15 is 0 Å². The molecule has 0 aliphatic carbocycles. The minimum Gasteiger partial charge on any atom is -1.00 e. The molecule has 0 unspecified atom stereocenters. The molecule has 0 rings (SSSR count). The van der Waals surface area contributed by atoms with Crippen molar-refractivity contribution in [1.82, 2.24) is 0 Å². The maximum absolute atomic E-state index is 10.5. The molecule has 0 aliphatic heterocycles. The van der Waals surface area contributed by atoms with Gasteiger partial charge in [0.2, 0.25) is 0 Å². The molecule has 0 bridgehead atoms. The summed E-state index contributed by atoms with van der Waals surface area (Å²) in [5, 5.41) is 17.2. The molecule has 0 aliphatic rings. The summed E-state index contributed by atoms with van der Waals surface area (Å²) < 4.78 is 0. The first kappa shape index (κ1) is 20.1. The van der Waals surface area contributed by atoms with Gasteiger partial charge < -0.3 is 13.1 Å². The fraction of sp³-hybridized carbons (Fsp3) is 0.500. The number of carboxylic acids is 2. The van der Waals surface area contributed by atoms with Crippen molar-refractivity contribution in [2.45, 2.75) is 26.7 Å². The van der Waals surface area contributed by atoms with Crippen molar-refractivity contribution in [2.75, 3.05) is 0 Å². The molecular formula is C8H14Na2O4. The Morgan fingerprint density at radius 2 is 1.14 bits per heavy atom. The van der Waals surface area contributed by atoms with Crippen molar-refractivity contribution >= 4 is 11.9 Å². The van der Waals surface area contributed by atoms with Crippen molar-refractivity contribution in [2.24, 2.45) is 0 Å². The molecule has 2 N–H and O–H groups in total. The van der Waals surface area contributed by atoms with E-state index in [1.165, 1.54) is 0 Å². The number of carboxylic acid groups (broad SMARTS) is 2. The van der Waals surface area contributed by atoms with Crippen LogP contribution in [-0.2, 0) is 9.59 Å². The third-order valence-electron chi connectivity index (χ3n) is 1.59. The van der Waals surface area contributed by atoms with Crippen molar-refractivity contribution in [3.05, 3.63) is 11.1 Å². The number of carbonyl (C=O) groups is 2. The van der Waals surface area contributed by atoms with Crippen LogP contribution in [0.5, 0.6) is 0 Å².